The lowest BCUT2D eigenvalue weighted by Gasteiger charge is -2.06. The first-order valence-electron chi connectivity index (χ1n) is 8.64. The van der Waals surface area contributed by atoms with Gasteiger partial charge in [0, 0.05) is 6.54 Å². The van der Waals surface area contributed by atoms with E-state index < -0.39 is 0 Å². The normalized spacial score (nSPS) is 10.9. The van der Waals surface area contributed by atoms with Crippen LogP contribution < -0.4 is 15.4 Å². The number of rotatable bonds is 6. The topological polar surface area (TPSA) is 63.2 Å². The SMILES string of the molecule is COc1ccc(CCNC(=O)Nc2nc3c(C(C)C)cccc3s2)cc1. The third kappa shape index (κ3) is 4.32. The molecule has 3 aromatic rings. The summed E-state index contributed by atoms with van der Waals surface area (Å²) in [5, 5.41) is 6.34. The molecule has 0 spiro atoms. The highest BCUT2D eigenvalue weighted by molar-refractivity contribution is 7.22. The number of hydrogen-bond donors (Lipinski definition) is 2. The molecule has 3 rings (SSSR count). The highest BCUT2D eigenvalue weighted by atomic mass is 32.1. The fraction of sp³-hybridized carbons (Fsp3) is 0.300. The molecular formula is C20H23N3O2S. The van der Waals surface area contributed by atoms with Crippen LogP contribution in [0.15, 0.2) is 42.5 Å². The number of nitrogens with one attached hydrogen (secondary N) is 2. The van der Waals surface area contributed by atoms with Crippen LogP contribution in [0.4, 0.5) is 9.93 Å². The van der Waals surface area contributed by atoms with Crippen molar-refractivity contribution >= 4 is 32.7 Å². The average molecular weight is 369 g/mol. The smallest absolute Gasteiger partial charge is 0.321 e. The second-order valence-electron chi connectivity index (χ2n) is 6.35. The molecule has 136 valence electrons. The Morgan fingerprint density at radius 2 is 1.96 bits per heavy atom. The molecule has 2 amide bonds. The first kappa shape index (κ1) is 18.2. The number of fused-ring (bicyclic) bond motifs is 1. The molecule has 0 aliphatic heterocycles. The van der Waals surface area contributed by atoms with E-state index in [-0.39, 0.29) is 6.03 Å². The van der Waals surface area contributed by atoms with Crippen LogP contribution in [0.5, 0.6) is 5.75 Å². The summed E-state index contributed by atoms with van der Waals surface area (Å²) >= 11 is 1.49. The molecule has 6 heteroatoms. The van der Waals surface area contributed by atoms with Crippen LogP contribution in [0.2, 0.25) is 0 Å². The van der Waals surface area contributed by atoms with E-state index in [0.717, 1.165) is 28.0 Å². The van der Waals surface area contributed by atoms with Gasteiger partial charge in [0.25, 0.3) is 0 Å². The number of hydrogen-bond acceptors (Lipinski definition) is 4. The Morgan fingerprint density at radius 3 is 2.65 bits per heavy atom. The van der Waals surface area contributed by atoms with Crippen molar-refractivity contribution in [1.82, 2.24) is 10.3 Å². The van der Waals surface area contributed by atoms with E-state index in [9.17, 15) is 4.79 Å². The van der Waals surface area contributed by atoms with Gasteiger partial charge in [-0.15, -0.1) is 0 Å². The van der Waals surface area contributed by atoms with E-state index in [0.29, 0.717) is 17.6 Å². The fourth-order valence-corrected chi connectivity index (χ4v) is 3.64. The summed E-state index contributed by atoms with van der Waals surface area (Å²) < 4.78 is 6.23. The van der Waals surface area contributed by atoms with Crippen molar-refractivity contribution in [2.45, 2.75) is 26.2 Å². The molecule has 0 radical (unpaired) electrons. The van der Waals surface area contributed by atoms with Crippen LogP contribution >= 0.6 is 11.3 Å². The molecular weight excluding hydrogens is 346 g/mol. The summed E-state index contributed by atoms with van der Waals surface area (Å²) in [4.78, 5) is 16.7. The number of carbonyl (C=O) groups is 1. The predicted molar refractivity (Wildman–Crippen MR) is 107 cm³/mol. The monoisotopic (exact) mass is 369 g/mol. The molecule has 0 saturated carbocycles. The van der Waals surface area contributed by atoms with Crippen molar-refractivity contribution < 1.29 is 9.53 Å². The number of nitrogens with zero attached hydrogens (tertiary/aromatic N) is 1. The van der Waals surface area contributed by atoms with Gasteiger partial charge in [0.2, 0.25) is 0 Å². The second-order valence-corrected chi connectivity index (χ2v) is 7.38. The summed E-state index contributed by atoms with van der Waals surface area (Å²) in [7, 11) is 1.65. The number of benzene rings is 2. The van der Waals surface area contributed by atoms with Crippen LogP contribution in [-0.4, -0.2) is 24.7 Å². The molecule has 1 aromatic heterocycles. The van der Waals surface area contributed by atoms with E-state index >= 15 is 0 Å². The first-order chi connectivity index (χ1) is 12.6. The first-order valence-corrected chi connectivity index (χ1v) is 9.45. The zero-order chi connectivity index (χ0) is 18.5. The molecule has 2 aromatic carbocycles. The molecule has 5 nitrogen and oxygen atoms in total. The molecule has 26 heavy (non-hydrogen) atoms. The van der Waals surface area contributed by atoms with Gasteiger partial charge in [-0.05, 0) is 41.7 Å². The van der Waals surface area contributed by atoms with Gasteiger partial charge in [0.1, 0.15) is 5.75 Å². The van der Waals surface area contributed by atoms with Gasteiger partial charge < -0.3 is 10.1 Å². The maximum Gasteiger partial charge on any atom is 0.321 e. The number of anilines is 1. The fourth-order valence-electron chi connectivity index (χ4n) is 2.74. The van der Waals surface area contributed by atoms with Gasteiger partial charge in [-0.2, -0.15) is 0 Å². The van der Waals surface area contributed by atoms with Crippen molar-refractivity contribution in [2.75, 3.05) is 19.0 Å². The van der Waals surface area contributed by atoms with Crippen molar-refractivity contribution in [1.29, 1.82) is 0 Å². The Balaban J connectivity index is 1.56. The molecule has 0 atom stereocenters. The van der Waals surface area contributed by atoms with E-state index in [1.165, 1.54) is 16.9 Å². The lowest BCUT2D eigenvalue weighted by atomic mass is 10.0. The number of thiazole rings is 1. The van der Waals surface area contributed by atoms with Crippen molar-refractivity contribution in [2.24, 2.45) is 0 Å². The van der Waals surface area contributed by atoms with Gasteiger partial charge in [0.15, 0.2) is 5.13 Å². The second kappa shape index (κ2) is 8.19. The quantitative estimate of drug-likeness (QED) is 0.656. The van der Waals surface area contributed by atoms with E-state index in [4.69, 9.17) is 4.74 Å². The maximum absolute atomic E-state index is 12.1. The Kier molecular flexibility index (Phi) is 5.73. The van der Waals surface area contributed by atoms with Crippen LogP contribution in [0, 0.1) is 0 Å². The molecule has 1 heterocycles. The van der Waals surface area contributed by atoms with Crippen LogP contribution in [0.1, 0.15) is 30.9 Å². The molecule has 2 N–H and O–H groups in total. The summed E-state index contributed by atoms with van der Waals surface area (Å²) in [6.45, 7) is 4.85. The van der Waals surface area contributed by atoms with Gasteiger partial charge in [-0.25, -0.2) is 9.78 Å². The molecule has 0 saturated heterocycles. The number of amides is 2. The number of methoxy groups -OCH3 is 1. The highest BCUT2D eigenvalue weighted by Gasteiger charge is 2.12. The minimum atomic E-state index is -0.233. The van der Waals surface area contributed by atoms with E-state index in [1.54, 1.807) is 7.11 Å². The van der Waals surface area contributed by atoms with Crippen LogP contribution in [-0.2, 0) is 6.42 Å². The average Bonchev–Trinajstić information content (AvgIpc) is 3.04. The highest BCUT2D eigenvalue weighted by Crippen LogP contribution is 2.31. The largest absolute Gasteiger partial charge is 0.497 e. The van der Waals surface area contributed by atoms with Crippen molar-refractivity contribution in [3.63, 3.8) is 0 Å². The zero-order valence-electron chi connectivity index (χ0n) is 15.2. The van der Waals surface area contributed by atoms with Crippen molar-refractivity contribution in [3.05, 3.63) is 53.6 Å². The Morgan fingerprint density at radius 1 is 1.19 bits per heavy atom. The Bertz CT molecular complexity index is 888. The molecule has 0 fully saturated rings. The molecule has 0 aliphatic rings. The van der Waals surface area contributed by atoms with Crippen molar-refractivity contribution in [3.8, 4) is 5.75 Å². The van der Waals surface area contributed by atoms with Crippen LogP contribution in [0.25, 0.3) is 10.2 Å². The Hall–Kier alpha value is -2.60. The summed E-state index contributed by atoms with van der Waals surface area (Å²) in [5.41, 5.74) is 3.32. The van der Waals surface area contributed by atoms with E-state index in [2.05, 4.69) is 35.5 Å². The number of carbonyl (C=O) groups excluding carboxylic acids is 1. The third-order valence-electron chi connectivity index (χ3n) is 4.15. The number of aromatic nitrogens is 1. The zero-order valence-corrected chi connectivity index (χ0v) is 16.0. The van der Waals surface area contributed by atoms with Gasteiger partial charge in [-0.1, -0.05) is 49.4 Å². The summed E-state index contributed by atoms with van der Waals surface area (Å²) in [6, 6.07) is 13.8. The Labute approximate surface area is 157 Å². The van der Waals surface area contributed by atoms with Gasteiger partial charge >= 0.3 is 6.03 Å². The number of urea groups is 1. The lowest BCUT2D eigenvalue weighted by molar-refractivity contribution is 0.252. The van der Waals surface area contributed by atoms with Gasteiger partial charge in [-0.3, -0.25) is 5.32 Å². The summed E-state index contributed by atoms with van der Waals surface area (Å²) in [6.07, 6.45) is 0.759. The predicted octanol–water partition coefficient (Wildman–Crippen LogP) is 4.79. The van der Waals surface area contributed by atoms with Gasteiger partial charge in [0.05, 0.1) is 17.3 Å². The minimum absolute atomic E-state index is 0.233. The molecule has 0 aliphatic carbocycles. The summed E-state index contributed by atoms with van der Waals surface area (Å²) in [5.74, 6) is 1.23. The minimum Gasteiger partial charge on any atom is -0.497 e. The number of ether oxygens (including phenoxy) is 1. The molecule has 0 unspecified atom stereocenters. The lowest BCUT2D eigenvalue weighted by Crippen LogP contribution is -2.30. The maximum atomic E-state index is 12.1. The third-order valence-corrected chi connectivity index (χ3v) is 5.09. The molecule has 0 bridgehead atoms. The number of para-hydroxylation sites is 1. The van der Waals surface area contributed by atoms with Crippen LogP contribution in [0.3, 0.4) is 0 Å². The van der Waals surface area contributed by atoms with E-state index in [1.807, 2.05) is 36.4 Å². The standard InChI is InChI=1S/C20H23N3O2S/c1-13(2)16-5-4-6-17-18(16)22-20(26-17)23-19(24)21-12-11-14-7-9-15(25-3)10-8-14/h4-10,13H,11-12H2,1-3H3,(H2,21,22,23,24).